The van der Waals surface area contributed by atoms with Crippen LogP contribution in [0.25, 0.3) is 0 Å². The maximum absolute atomic E-state index is 11.5. The van der Waals surface area contributed by atoms with E-state index in [4.69, 9.17) is 6.48 Å². The molecular weight excluding hydrogens is 152 g/mol. The van der Waals surface area contributed by atoms with E-state index in [2.05, 4.69) is 0 Å². The summed E-state index contributed by atoms with van der Waals surface area (Å²) in [5.41, 5.74) is 0. The van der Waals surface area contributed by atoms with Gasteiger partial charge in [0.05, 0.1) is 6.61 Å². The van der Waals surface area contributed by atoms with Crippen molar-refractivity contribution in [1.82, 2.24) is 0 Å². The number of ketones is 1. The summed E-state index contributed by atoms with van der Waals surface area (Å²) in [6.07, 6.45) is 4.89. The molecule has 3 unspecified atom stereocenters. The number of aliphatic hydroxyl groups excluding tert-OH is 1. The second kappa shape index (κ2) is 3.17. The third-order valence-electron chi connectivity index (χ3n) is 3.33. The van der Waals surface area contributed by atoms with Crippen molar-refractivity contribution >= 4 is 5.78 Å². The Hall–Kier alpha value is -0.370. The molecule has 68 valence electrons. The van der Waals surface area contributed by atoms with E-state index in [0.29, 0.717) is 12.3 Å². The molecule has 1 N–H and O–H groups in total. The van der Waals surface area contributed by atoms with E-state index in [1.165, 1.54) is 6.42 Å². The number of aliphatic hydroxyl groups is 1. The molecule has 0 heterocycles. The van der Waals surface area contributed by atoms with E-state index >= 15 is 0 Å². The average molecular weight is 169 g/mol. The average Bonchev–Trinajstić information content (AvgIpc) is 2.41. The zero-order valence-corrected chi connectivity index (χ0v) is 7.25. The minimum atomic E-state index is -1.15. The molecule has 0 bridgehead atoms. The molecule has 2 fully saturated rings. The zero-order chi connectivity index (χ0) is 9.47. The summed E-state index contributed by atoms with van der Waals surface area (Å²) < 4.78 is 7.96. The Labute approximate surface area is 74.4 Å². The van der Waals surface area contributed by atoms with E-state index < -0.39 is 5.89 Å². The van der Waals surface area contributed by atoms with Gasteiger partial charge in [0.25, 0.3) is 0 Å². The molecule has 2 aliphatic rings. The van der Waals surface area contributed by atoms with Crippen molar-refractivity contribution in [3.8, 4) is 0 Å². The molecule has 12 heavy (non-hydrogen) atoms. The van der Waals surface area contributed by atoms with Gasteiger partial charge in [-0.1, -0.05) is 12.8 Å². The van der Waals surface area contributed by atoms with Crippen LogP contribution < -0.4 is 0 Å². The summed E-state index contributed by atoms with van der Waals surface area (Å²) in [4.78, 5) is 11.5. The highest BCUT2D eigenvalue weighted by Crippen LogP contribution is 2.43. The summed E-state index contributed by atoms with van der Waals surface area (Å²) in [7, 11) is 0. The van der Waals surface area contributed by atoms with Gasteiger partial charge in [0.1, 0.15) is 5.78 Å². The predicted molar refractivity (Wildman–Crippen MR) is 45.6 cm³/mol. The van der Waals surface area contributed by atoms with Crippen LogP contribution in [0.15, 0.2) is 0 Å². The first-order chi connectivity index (χ1) is 6.18. The minimum absolute atomic E-state index is 0.0353. The number of hydrogen-bond acceptors (Lipinski definition) is 2. The second-order valence-electron chi connectivity index (χ2n) is 3.96. The van der Waals surface area contributed by atoms with Crippen molar-refractivity contribution in [3.63, 3.8) is 0 Å². The van der Waals surface area contributed by atoms with Crippen LogP contribution in [-0.2, 0) is 4.79 Å². The largest absolute Gasteiger partial charge is 0.396 e. The Kier molecular flexibility index (Phi) is 1.87. The van der Waals surface area contributed by atoms with Crippen LogP contribution in [0.2, 0.25) is 0 Å². The Morgan fingerprint density at radius 2 is 2.25 bits per heavy atom. The molecule has 3 atom stereocenters. The van der Waals surface area contributed by atoms with E-state index in [1.807, 2.05) is 0 Å². The van der Waals surface area contributed by atoms with E-state index in [9.17, 15) is 4.79 Å². The molecule has 2 aliphatic carbocycles. The highest BCUT2D eigenvalue weighted by atomic mass is 16.3. The highest BCUT2D eigenvalue weighted by Gasteiger charge is 2.42. The fourth-order valence-electron chi connectivity index (χ4n) is 2.69. The van der Waals surface area contributed by atoms with Crippen molar-refractivity contribution in [2.24, 2.45) is 17.7 Å². The van der Waals surface area contributed by atoms with E-state index in [0.717, 1.165) is 19.3 Å². The normalized spacial score (nSPS) is 48.8. The Balaban J connectivity index is 2.23. The van der Waals surface area contributed by atoms with Gasteiger partial charge in [-0.25, -0.2) is 0 Å². The van der Waals surface area contributed by atoms with Crippen LogP contribution in [0.1, 0.15) is 33.5 Å². The predicted octanol–water partition coefficient (Wildman–Crippen LogP) is 1.37. The summed E-state index contributed by atoms with van der Waals surface area (Å²) in [6.45, 7) is -0.285. The number of Topliss-reactive ketones (excluding diaryl/α,β-unsaturated/α-hetero) is 1. The van der Waals surface area contributed by atoms with Crippen LogP contribution in [-0.4, -0.2) is 17.5 Å². The first kappa shape index (κ1) is 7.07. The molecule has 2 saturated carbocycles. The topological polar surface area (TPSA) is 37.3 Å². The van der Waals surface area contributed by atoms with Gasteiger partial charge in [0.2, 0.25) is 0 Å². The molecule has 0 aliphatic heterocycles. The molecule has 0 aromatic heterocycles. The molecule has 0 spiro atoms. The first-order valence-electron chi connectivity index (χ1n) is 5.32. The third kappa shape index (κ3) is 1.18. The van der Waals surface area contributed by atoms with Gasteiger partial charge in [0.15, 0.2) is 0 Å². The molecule has 2 nitrogen and oxygen atoms in total. The molecule has 0 aromatic rings. The Morgan fingerprint density at radius 3 is 3.00 bits per heavy atom. The fraction of sp³-hybridized carbons (Fsp3) is 0.900. The second-order valence-corrected chi connectivity index (χ2v) is 3.96. The molecule has 0 amide bonds. The molecule has 2 rings (SSSR count). The maximum atomic E-state index is 11.5. The van der Waals surface area contributed by atoms with Gasteiger partial charge < -0.3 is 5.11 Å². The molecule has 0 aromatic carbocycles. The van der Waals surface area contributed by atoms with Gasteiger partial charge in [-0.05, 0) is 24.7 Å². The third-order valence-corrected chi connectivity index (χ3v) is 3.33. The van der Waals surface area contributed by atoms with Crippen molar-refractivity contribution < 1.29 is 11.3 Å². The van der Waals surface area contributed by atoms with Crippen molar-refractivity contribution in [2.75, 3.05) is 6.61 Å². The van der Waals surface area contributed by atoms with Crippen LogP contribution in [0.3, 0.4) is 0 Å². The number of carbonyl (C=O) groups excluding carboxylic acids is 1. The minimum Gasteiger partial charge on any atom is -0.396 e. The maximum Gasteiger partial charge on any atom is 0.138 e. The summed E-state index contributed by atoms with van der Waals surface area (Å²) >= 11 is 0. The molecule has 2 heteroatoms. The van der Waals surface area contributed by atoms with Crippen LogP contribution >= 0.6 is 0 Å². The lowest BCUT2D eigenvalue weighted by molar-refractivity contribution is -0.122. The molecule has 0 saturated heterocycles. The lowest BCUT2D eigenvalue weighted by Gasteiger charge is -2.27. The van der Waals surface area contributed by atoms with E-state index in [1.54, 1.807) is 0 Å². The molecular formula is C10H16O2. The monoisotopic (exact) mass is 169 g/mol. The highest BCUT2D eigenvalue weighted by molar-refractivity contribution is 5.84. The lowest BCUT2D eigenvalue weighted by Crippen LogP contribution is -2.23. The number of fused-ring (bicyclic) bond motifs is 1. The lowest BCUT2D eigenvalue weighted by atomic mass is 9.78. The Morgan fingerprint density at radius 1 is 1.50 bits per heavy atom. The van der Waals surface area contributed by atoms with Gasteiger partial charge in [-0.3, -0.25) is 4.79 Å². The number of hydrogen-bond donors (Lipinski definition) is 1. The number of rotatable bonds is 1. The van der Waals surface area contributed by atoms with Gasteiger partial charge in [-0.2, -0.15) is 0 Å². The quantitative estimate of drug-likeness (QED) is 0.643. The van der Waals surface area contributed by atoms with Crippen molar-refractivity contribution in [1.29, 1.82) is 0 Å². The van der Waals surface area contributed by atoms with Gasteiger partial charge in [0, 0.05) is 13.7 Å². The fourth-order valence-corrected chi connectivity index (χ4v) is 2.69. The van der Waals surface area contributed by atoms with Crippen LogP contribution in [0, 0.1) is 17.7 Å². The zero-order valence-electron chi connectivity index (χ0n) is 8.25. The van der Waals surface area contributed by atoms with Crippen LogP contribution in [0.5, 0.6) is 0 Å². The van der Waals surface area contributed by atoms with Crippen molar-refractivity contribution in [2.45, 2.75) is 32.1 Å². The van der Waals surface area contributed by atoms with Gasteiger partial charge >= 0.3 is 0 Å². The standard InChI is InChI=1S/C10H16O2/c11-6-9-8-4-2-1-3-7(8)5-10(9)12/h7-9,11H,1-6H2/i9D. The smallest absolute Gasteiger partial charge is 0.138 e. The Bertz CT molecular complexity index is 229. The summed E-state index contributed by atoms with van der Waals surface area (Å²) in [5, 5.41) is 9.13. The summed E-state index contributed by atoms with van der Waals surface area (Å²) in [5.74, 6) is -0.651. The summed E-state index contributed by atoms with van der Waals surface area (Å²) in [6, 6.07) is 0. The van der Waals surface area contributed by atoms with Crippen molar-refractivity contribution in [3.05, 3.63) is 0 Å². The van der Waals surface area contributed by atoms with Crippen LogP contribution in [0.4, 0.5) is 0 Å². The number of carbonyl (C=O) groups is 1. The van der Waals surface area contributed by atoms with Gasteiger partial charge in [-0.15, -0.1) is 0 Å². The SMILES string of the molecule is [2H]C1(CO)C(=O)CC2CCCCC21. The molecule has 0 radical (unpaired) electrons. The first-order valence-corrected chi connectivity index (χ1v) is 4.82. The van der Waals surface area contributed by atoms with E-state index in [-0.39, 0.29) is 18.3 Å².